The summed E-state index contributed by atoms with van der Waals surface area (Å²) in [4.78, 5) is 22.4. The number of hydrogen-bond acceptors (Lipinski definition) is 12. The summed E-state index contributed by atoms with van der Waals surface area (Å²) in [6.07, 6.45) is 9.84. The third-order valence-electron chi connectivity index (χ3n) is 12.4. The molecule has 10 rings (SSSR count). The first-order chi connectivity index (χ1) is 33.3. The fraction of sp³-hybridized carbons (Fsp3) is 0.358. The van der Waals surface area contributed by atoms with E-state index < -0.39 is 0 Å². The van der Waals surface area contributed by atoms with Crippen LogP contribution in [0.1, 0.15) is 80.3 Å². The van der Waals surface area contributed by atoms with Crippen molar-refractivity contribution in [2.24, 2.45) is 0 Å². The van der Waals surface area contributed by atoms with Crippen molar-refractivity contribution < 1.29 is 13.9 Å². The van der Waals surface area contributed by atoms with Crippen LogP contribution in [0.3, 0.4) is 0 Å². The highest BCUT2D eigenvalue weighted by atomic mass is 35.5. The van der Waals surface area contributed by atoms with Gasteiger partial charge in [0, 0.05) is 31.7 Å². The average molecular weight is 990 g/mol. The van der Waals surface area contributed by atoms with Crippen LogP contribution in [-0.2, 0) is 39.3 Å². The summed E-state index contributed by atoms with van der Waals surface area (Å²) in [6.45, 7) is 8.29. The maximum Gasteiger partial charge on any atom is 0.226 e. The quantitative estimate of drug-likeness (QED) is 0.0892. The molecule has 0 amide bonds. The number of rotatable bonds is 16. The molecule has 17 heteroatoms. The minimum Gasteiger partial charge on any atom is -0.497 e. The molecule has 0 spiro atoms. The second-order valence-corrected chi connectivity index (χ2v) is 17.9. The summed E-state index contributed by atoms with van der Waals surface area (Å²) in [5.74, 6) is 2.73. The van der Waals surface area contributed by atoms with E-state index in [0.29, 0.717) is 50.0 Å². The topological polar surface area (TPSA) is 136 Å². The number of benzene rings is 4. The molecule has 0 atom stereocenters. The average Bonchev–Trinajstić information content (AvgIpc) is 4.13. The molecular formula is C53H63Cl2FN12O2. The largest absolute Gasteiger partial charge is 0.497 e. The Morgan fingerprint density at radius 2 is 0.971 bits per heavy atom. The van der Waals surface area contributed by atoms with Gasteiger partial charge in [-0.15, -0.1) is 0 Å². The first kappa shape index (κ1) is 51.5. The van der Waals surface area contributed by atoms with Crippen molar-refractivity contribution in [1.82, 2.24) is 49.3 Å². The standard InChI is InChI=1S/C26H29ClN6O.C25H26ClFN6O.2CH4/c1-34-22-10-8-19(9-11-22)15-28-24-23-16-29-33(25(23)31-26(27)30-24)18-21-7-5-6-20(14-21)17-32-12-3-2-4-13-32;1-34-20-8-5-17(6-9-20)13-28-23-21-14-29-33(24(21)31-25(26)30-23)15-18-4-7-19(22(27)12-18)16-32-10-2-3-11-32;;/h5-11,14,16H,2-4,12-13,15,17-18H2,1H3,(H,28,30,31);4-9,12,14H,2-3,10-11,13,15-16H2,1H3,(H,28,30,31);2*1H4. The number of nitrogens with zero attached hydrogens (tertiary/aromatic N) is 10. The van der Waals surface area contributed by atoms with Crippen LogP contribution in [-0.4, -0.2) is 89.7 Å². The van der Waals surface area contributed by atoms with Crippen LogP contribution in [0.2, 0.25) is 10.6 Å². The molecule has 4 aromatic heterocycles. The summed E-state index contributed by atoms with van der Waals surface area (Å²) in [5, 5.41) is 17.7. The van der Waals surface area contributed by atoms with Gasteiger partial charge < -0.3 is 20.1 Å². The number of aromatic nitrogens is 8. The predicted octanol–water partition coefficient (Wildman–Crippen LogP) is 11.3. The molecule has 2 fully saturated rings. The minimum absolute atomic E-state index is 0. The van der Waals surface area contributed by atoms with Gasteiger partial charge in [0.1, 0.15) is 29.0 Å². The van der Waals surface area contributed by atoms with Crippen molar-refractivity contribution >= 4 is 56.9 Å². The Hall–Kier alpha value is -6.39. The SMILES string of the molecule is C.C.COc1ccc(CNc2nc(Cl)nc3c2cnn3Cc2ccc(CN3CCCC3)c(F)c2)cc1.COc1ccc(CNc2nc(Cl)nc3c2cnn3Cc2cccc(CN3CCCCC3)c2)cc1. The van der Waals surface area contributed by atoms with Crippen LogP contribution < -0.4 is 20.1 Å². The van der Waals surface area contributed by atoms with Crippen molar-refractivity contribution in [2.75, 3.05) is 51.0 Å². The number of fused-ring (bicyclic) bond motifs is 2. The van der Waals surface area contributed by atoms with Gasteiger partial charge in [-0.1, -0.05) is 81.9 Å². The number of hydrogen-bond donors (Lipinski definition) is 2. The minimum atomic E-state index is -0.185. The van der Waals surface area contributed by atoms with Crippen molar-refractivity contribution in [3.05, 3.63) is 153 Å². The first-order valence-corrected chi connectivity index (χ1v) is 23.8. The second kappa shape index (κ2) is 24.4. The summed E-state index contributed by atoms with van der Waals surface area (Å²) < 4.78 is 28.8. The number of nitrogens with one attached hydrogen (secondary N) is 2. The van der Waals surface area contributed by atoms with Crippen molar-refractivity contribution in [3.8, 4) is 11.5 Å². The Morgan fingerprint density at radius 3 is 1.46 bits per heavy atom. The summed E-state index contributed by atoms with van der Waals surface area (Å²) in [5.41, 5.74) is 7.58. The van der Waals surface area contributed by atoms with Crippen LogP contribution in [0.15, 0.2) is 103 Å². The van der Waals surface area contributed by atoms with E-state index in [1.54, 1.807) is 37.4 Å². The Kier molecular flexibility index (Phi) is 18.0. The number of ether oxygens (including phenoxy) is 2. The molecule has 4 aromatic carbocycles. The highest BCUT2D eigenvalue weighted by molar-refractivity contribution is 6.29. The third kappa shape index (κ3) is 13.1. The fourth-order valence-electron chi connectivity index (χ4n) is 8.76. The Balaban J connectivity index is 0.000000201. The third-order valence-corrected chi connectivity index (χ3v) is 12.7. The van der Waals surface area contributed by atoms with Gasteiger partial charge in [0.15, 0.2) is 11.3 Å². The highest BCUT2D eigenvalue weighted by Gasteiger charge is 2.18. The molecule has 2 saturated heterocycles. The van der Waals surface area contributed by atoms with E-state index >= 15 is 0 Å². The van der Waals surface area contributed by atoms with Gasteiger partial charge in [0.05, 0.1) is 50.5 Å². The first-order valence-electron chi connectivity index (χ1n) is 23.1. The summed E-state index contributed by atoms with van der Waals surface area (Å²) in [6, 6.07) is 29.9. The Labute approximate surface area is 420 Å². The molecule has 2 aliphatic rings. The van der Waals surface area contributed by atoms with Gasteiger partial charge in [0.2, 0.25) is 10.6 Å². The molecule has 8 aromatic rings. The van der Waals surface area contributed by atoms with Gasteiger partial charge in [-0.25, -0.2) is 13.8 Å². The van der Waals surface area contributed by atoms with Gasteiger partial charge >= 0.3 is 0 Å². The Bertz CT molecular complexity index is 2940. The highest BCUT2D eigenvalue weighted by Crippen LogP contribution is 2.27. The summed E-state index contributed by atoms with van der Waals surface area (Å²) in [7, 11) is 3.30. The van der Waals surface area contributed by atoms with Gasteiger partial charge in [-0.05, 0) is 133 Å². The lowest BCUT2D eigenvalue weighted by Crippen LogP contribution is -2.29. The van der Waals surface area contributed by atoms with Crippen LogP contribution in [0, 0.1) is 5.82 Å². The number of likely N-dealkylation sites (tertiary alicyclic amines) is 2. The Morgan fingerprint density at radius 1 is 0.529 bits per heavy atom. The molecule has 0 bridgehead atoms. The van der Waals surface area contributed by atoms with Crippen LogP contribution in [0.4, 0.5) is 16.0 Å². The van der Waals surface area contributed by atoms with Gasteiger partial charge in [0.25, 0.3) is 0 Å². The zero-order valence-corrected chi connectivity index (χ0v) is 39.9. The van der Waals surface area contributed by atoms with E-state index in [-0.39, 0.29) is 31.2 Å². The molecule has 2 aliphatic heterocycles. The van der Waals surface area contributed by atoms with Gasteiger partial charge in [-0.2, -0.15) is 30.1 Å². The molecule has 6 heterocycles. The van der Waals surface area contributed by atoms with E-state index in [0.717, 1.165) is 69.8 Å². The summed E-state index contributed by atoms with van der Waals surface area (Å²) >= 11 is 12.5. The lowest BCUT2D eigenvalue weighted by Gasteiger charge is -2.26. The molecule has 0 unspecified atom stereocenters. The number of halogens is 3. The molecule has 368 valence electrons. The molecule has 0 aliphatic carbocycles. The zero-order valence-electron chi connectivity index (χ0n) is 38.3. The maximum absolute atomic E-state index is 14.8. The smallest absolute Gasteiger partial charge is 0.226 e. The molecule has 70 heavy (non-hydrogen) atoms. The second-order valence-electron chi connectivity index (χ2n) is 17.2. The fourth-order valence-corrected chi connectivity index (χ4v) is 9.09. The lowest BCUT2D eigenvalue weighted by atomic mass is 10.1. The monoisotopic (exact) mass is 988 g/mol. The van der Waals surface area contributed by atoms with Gasteiger partial charge in [-0.3, -0.25) is 9.80 Å². The normalized spacial score (nSPS) is 13.8. The molecule has 0 radical (unpaired) electrons. The molecule has 2 N–H and O–H groups in total. The number of piperidine rings is 1. The molecule has 0 saturated carbocycles. The number of methoxy groups -OCH3 is 2. The number of anilines is 2. The lowest BCUT2D eigenvalue weighted by molar-refractivity contribution is 0.221. The van der Waals surface area contributed by atoms with Crippen molar-refractivity contribution in [2.45, 2.75) is 86.2 Å². The van der Waals surface area contributed by atoms with Crippen LogP contribution >= 0.6 is 23.2 Å². The van der Waals surface area contributed by atoms with E-state index in [4.69, 9.17) is 32.7 Å². The van der Waals surface area contributed by atoms with Crippen molar-refractivity contribution in [3.63, 3.8) is 0 Å². The van der Waals surface area contributed by atoms with Crippen molar-refractivity contribution in [1.29, 1.82) is 0 Å². The van der Waals surface area contributed by atoms with E-state index in [1.165, 1.54) is 56.3 Å². The molecular weight excluding hydrogens is 927 g/mol. The van der Waals surface area contributed by atoms with E-state index in [2.05, 4.69) is 74.8 Å². The molecule has 14 nitrogen and oxygen atoms in total. The van der Waals surface area contributed by atoms with Crippen LogP contribution in [0.25, 0.3) is 22.1 Å². The predicted molar refractivity (Wildman–Crippen MR) is 279 cm³/mol. The van der Waals surface area contributed by atoms with Crippen LogP contribution in [0.5, 0.6) is 11.5 Å². The van der Waals surface area contributed by atoms with E-state index in [1.807, 2.05) is 65.3 Å². The zero-order chi connectivity index (χ0) is 46.8. The maximum atomic E-state index is 14.8. The van der Waals surface area contributed by atoms with E-state index in [9.17, 15) is 4.39 Å².